The van der Waals surface area contributed by atoms with Crippen LogP contribution < -0.4 is 4.90 Å². The molecular weight excluding hydrogens is 294 g/mol. The summed E-state index contributed by atoms with van der Waals surface area (Å²) in [5.41, 5.74) is 1.33. The summed E-state index contributed by atoms with van der Waals surface area (Å²) in [6, 6.07) is 4.71. The van der Waals surface area contributed by atoms with Crippen LogP contribution >= 0.6 is 0 Å². The minimum Gasteiger partial charge on any atom is -0.371 e. The maximum atomic E-state index is 13.0. The molecular formula is C17H23N3O3. The van der Waals surface area contributed by atoms with Crippen LogP contribution in [0.4, 0.5) is 11.4 Å². The number of anilines is 1. The van der Waals surface area contributed by atoms with E-state index in [0.29, 0.717) is 5.56 Å². The Kier molecular flexibility index (Phi) is 4.79. The Morgan fingerprint density at radius 3 is 2.17 bits per heavy atom. The standard InChI is InChI=1S/C17H23N3O3/c21-17(19-11-3-1-2-4-12-19)15-13-14(20(22)23)7-8-16(15)18-9-5-6-10-18/h7-8,13H,1-6,9-12H2. The lowest BCUT2D eigenvalue weighted by Gasteiger charge is -2.25. The summed E-state index contributed by atoms with van der Waals surface area (Å²) >= 11 is 0. The Hall–Kier alpha value is -2.11. The van der Waals surface area contributed by atoms with Gasteiger partial charge in [0.05, 0.1) is 16.2 Å². The molecule has 2 heterocycles. The van der Waals surface area contributed by atoms with Crippen LogP contribution in [-0.4, -0.2) is 41.9 Å². The zero-order valence-electron chi connectivity index (χ0n) is 13.4. The molecule has 2 aliphatic rings. The monoisotopic (exact) mass is 317 g/mol. The predicted octanol–water partition coefficient (Wildman–Crippen LogP) is 3.21. The van der Waals surface area contributed by atoms with Gasteiger partial charge in [-0.15, -0.1) is 0 Å². The number of hydrogen-bond donors (Lipinski definition) is 0. The second kappa shape index (κ2) is 6.98. The summed E-state index contributed by atoms with van der Waals surface area (Å²) in [6.45, 7) is 3.33. The van der Waals surface area contributed by atoms with Crippen LogP contribution in [0.25, 0.3) is 0 Å². The summed E-state index contributed by atoms with van der Waals surface area (Å²) in [4.78, 5) is 27.7. The molecule has 2 saturated heterocycles. The van der Waals surface area contributed by atoms with Gasteiger partial charge in [-0.1, -0.05) is 12.8 Å². The Morgan fingerprint density at radius 1 is 0.957 bits per heavy atom. The molecule has 0 spiro atoms. The highest BCUT2D eigenvalue weighted by molar-refractivity contribution is 6.00. The van der Waals surface area contributed by atoms with Crippen molar-refractivity contribution in [3.05, 3.63) is 33.9 Å². The van der Waals surface area contributed by atoms with Gasteiger partial charge in [-0.25, -0.2) is 0 Å². The summed E-state index contributed by atoms with van der Waals surface area (Å²) in [5, 5.41) is 11.1. The van der Waals surface area contributed by atoms with Gasteiger partial charge in [0.1, 0.15) is 0 Å². The van der Waals surface area contributed by atoms with E-state index in [0.717, 1.165) is 70.4 Å². The molecule has 0 aromatic heterocycles. The summed E-state index contributed by atoms with van der Waals surface area (Å²) in [7, 11) is 0. The van der Waals surface area contributed by atoms with E-state index in [2.05, 4.69) is 4.90 Å². The lowest BCUT2D eigenvalue weighted by atomic mass is 10.1. The van der Waals surface area contributed by atoms with Gasteiger partial charge in [0.15, 0.2) is 0 Å². The quantitative estimate of drug-likeness (QED) is 0.634. The second-order valence-electron chi connectivity index (χ2n) is 6.36. The lowest BCUT2D eigenvalue weighted by molar-refractivity contribution is -0.384. The first kappa shape index (κ1) is 15.8. The number of benzene rings is 1. The molecule has 0 aliphatic carbocycles. The molecule has 0 atom stereocenters. The Balaban J connectivity index is 1.94. The third-order valence-corrected chi connectivity index (χ3v) is 4.76. The highest BCUT2D eigenvalue weighted by atomic mass is 16.6. The Bertz CT molecular complexity index is 589. The van der Waals surface area contributed by atoms with Gasteiger partial charge in [-0.3, -0.25) is 14.9 Å². The highest BCUT2D eigenvalue weighted by Gasteiger charge is 2.26. The summed E-state index contributed by atoms with van der Waals surface area (Å²) in [5.74, 6) is -0.0579. The van der Waals surface area contributed by atoms with Crippen molar-refractivity contribution in [2.45, 2.75) is 38.5 Å². The number of nitro benzene ring substituents is 1. The van der Waals surface area contributed by atoms with E-state index in [9.17, 15) is 14.9 Å². The van der Waals surface area contributed by atoms with Gasteiger partial charge in [0, 0.05) is 38.3 Å². The first-order chi connectivity index (χ1) is 11.2. The minimum atomic E-state index is -0.424. The van der Waals surface area contributed by atoms with Crippen molar-refractivity contribution in [2.75, 3.05) is 31.1 Å². The highest BCUT2D eigenvalue weighted by Crippen LogP contribution is 2.30. The zero-order valence-corrected chi connectivity index (χ0v) is 13.4. The maximum absolute atomic E-state index is 13.0. The van der Waals surface area contributed by atoms with E-state index in [1.54, 1.807) is 6.07 Å². The van der Waals surface area contributed by atoms with Crippen LogP contribution in [0.1, 0.15) is 48.9 Å². The molecule has 2 aliphatic heterocycles. The smallest absolute Gasteiger partial charge is 0.270 e. The molecule has 0 saturated carbocycles. The Labute approximate surface area is 136 Å². The molecule has 3 rings (SSSR count). The number of hydrogen-bond acceptors (Lipinski definition) is 4. The predicted molar refractivity (Wildman–Crippen MR) is 88.9 cm³/mol. The van der Waals surface area contributed by atoms with Crippen LogP contribution in [0.2, 0.25) is 0 Å². The number of non-ortho nitro benzene ring substituents is 1. The van der Waals surface area contributed by atoms with Crippen molar-refractivity contribution in [3.63, 3.8) is 0 Å². The molecule has 1 amide bonds. The van der Waals surface area contributed by atoms with E-state index in [1.165, 1.54) is 12.1 Å². The normalized spacial score (nSPS) is 18.8. The van der Waals surface area contributed by atoms with Gasteiger partial charge in [-0.05, 0) is 31.7 Å². The van der Waals surface area contributed by atoms with Gasteiger partial charge >= 0.3 is 0 Å². The fourth-order valence-electron chi connectivity index (χ4n) is 3.49. The molecule has 0 unspecified atom stereocenters. The van der Waals surface area contributed by atoms with Crippen LogP contribution in [0.3, 0.4) is 0 Å². The third kappa shape index (κ3) is 3.46. The number of nitro groups is 1. The van der Waals surface area contributed by atoms with Crippen molar-refractivity contribution < 1.29 is 9.72 Å². The molecule has 2 fully saturated rings. The third-order valence-electron chi connectivity index (χ3n) is 4.76. The lowest BCUT2D eigenvalue weighted by Crippen LogP contribution is -2.33. The van der Waals surface area contributed by atoms with Gasteiger partial charge in [-0.2, -0.15) is 0 Å². The molecule has 1 aromatic rings. The summed E-state index contributed by atoms with van der Waals surface area (Å²) in [6.07, 6.45) is 6.54. The average molecular weight is 317 g/mol. The van der Waals surface area contributed by atoms with Crippen molar-refractivity contribution in [1.82, 2.24) is 4.90 Å². The van der Waals surface area contributed by atoms with Crippen LogP contribution in [0.5, 0.6) is 0 Å². The van der Waals surface area contributed by atoms with Crippen LogP contribution in [-0.2, 0) is 0 Å². The first-order valence-corrected chi connectivity index (χ1v) is 8.49. The molecule has 23 heavy (non-hydrogen) atoms. The number of nitrogens with zero attached hydrogens (tertiary/aromatic N) is 3. The molecule has 0 bridgehead atoms. The van der Waals surface area contributed by atoms with E-state index in [-0.39, 0.29) is 11.6 Å². The maximum Gasteiger partial charge on any atom is 0.270 e. The number of carbonyl (C=O) groups is 1. The zero-order chi connectivity index (χ0) is 16.2. The van der Waals surface area contributed by atoms with Crippen molar-refractivity contribution in [1.29, 1.82) is 0 Å². The van der Waals surface area contributed by atoms with Gasteiger partial charge in [0.2, 0.25) is 0 Å². The van der Waals surface area contributed by atoms with E-state index in [4.69, 9.17) is 0 Å². The topological polar surface area (TPSA) is 66.7 Å². The number of amides is 1. The van der Waals surface area contributed by atoms with Gasteiger partial charge in [0.25, 0.3) is 11.6 Å². The molecule has 0 N–H and O–H groups in total. The molecule has 0 radical (unpaired) electrons. The number of carbonyl (C=O) groups excluding carboxylic acids is 1. The fraction of sp³-hybridized carbons (Fsp3) is 0.588. The van der Waals surface area contributed by atoms with E-state index in [1.807, 2.05) is 4.90 Å². The number of rotatable bonds is 3. The SMILES string of the molecule is O=C(c1cc([N+](=O)[O-])ccc1N1CCCC1)N1CCCCCC1. The second-order valence-corrected chi connectivity index (χ2v) is 6.36. The molecule has 124 valence electrons. The van der Waals surface area contributed by atoms with Crippen LogP contribution in [0, 0.1) is 10.1 Å². The van der Waals surface area contributed by atoms with E-state index < -0.39 is 4.92 Å². The van der Waals surface area contributed by atoms with E-state index >= 15 is 0 Å². The minimum absolute atomic E-state index is 0.00822. The van der Waals surface area contributed by atoms with Crippen molar-refractivity contribution in [2.24, 2.45) is 0 Å². The van der Waals surface area contributed by atoms with Crippen molar-refractivity contribution in [3.8, 4) is 0 Å². The van der Waals surface area contributed by atoms with Crippen LogP contribution in [0.15, 0.2) is 18.2 Å². The largest absolute Gasteiger partial charge is 0.371 e. The van der Waals surface area contributed by atoms with Gasteiger partial charge < -0.3 is 9.80 Å². The fourth-order valence-corrected chi connectivity index (χ4v) is 3.49. The molecule has 6 heteroatoms. The molecule has 6 nitrogen and oxygen atoms in total. The molecule has 1 aromatic carbocycles. The Morgan fingerprint density at radius 2 is 1.57 bits per heavy atom. The van der Waals surface area contributed by atoms with Crippen molar-refractivity contribution >= 4 is 17.3 Å². The number of likely N-dealkylation sites (tertiary alicyclic amines) is 1. The average Bonchev–Trinajstić information content (AvgIpc) is 2.95. The summed E-state index contributed by atoms with van der Waals surface area (Å²) < 4.78 is 0. The first-order valence-electron chi connectivity index (χ1n) is 8.49.